The molecular formula is C15H10ClN3O7. The van der Waals surface area contributed by atoms with Crippen molar-refractivity contribution in [2.45, 2.75) is 6.54 Å². The number of halogens is 1. The fourth-order valence-corrected chi connectivity index (χ4v) is 2.57. The van der Waals surface area contributed by atoms with E-state index in [1.807, 2.05) is 0 Å². The quantitative estimate of drug-likeness (QED) is 0.623. The van der Waals surface area contributed by atoms with Crippen molar-refractivity contribution in [1.29, 1.82) is 0 Å². The highest BCUT2D eigenvalue weighted by atomic mass is 35.5. The SMILES string of the molecule is O=C(NCc1ccc2c(c1)OCO2)c1cc([N+](=O)[O-])c(Cl)c([N+](=O)[O-])c1. The summed E-state index contributed by atoms with van der Waals surface area (Å²) in [6.45, 7) is 0.197. The number of carbonyl (C=O) groups excluding carboxylic acids is 1. The molecule has 2 aromatic carbocycles. The first-order chi connectivity index (χ1) is 12.4. The van der Waals surface area contributed by atoms with Crippen LogP contribution in [0.5, 0.6) is 11.5 Å². The number of hydrogen-bond donors (Lipinski definition) is 1. The molecule has 2 aromatic rings. The molecule has 134 valence electrons. The standard InChI is InChI=1S/C15H10ClN3O7/c16-14-10(18(21)22)4-9(5-11(14)19(23)24)15(20)17-6-8-1-2-12-13(3-8)26-7-25-12/h1-5H,6-7H2,(H,17,20). The zero-order valence-corrected chi connectivity index (χ0v) is 13.7. The van der Waals surface area contributed by atoms with E-state index in [9.17, 15) is 25.0 Å². The van der Waals surface area contributed by atoms with Gasteiger partial charge < -0.3 is 14.8 Å². The molecule has 0 aromatic heterocycles. The summed E-state index contributed by atoms with van der Waals surface area (Å²) in [7, 11) is 0. The first-order valence-electron chi connectivity index (χ1n) is 7.16. The molecule has 0 bridgehead atoms. The zero-order valence-electron chi connectivity index (χ0n) is 12.9. The summed E-state index contributed by atoms with van der Waals surface area (Å²) in [5, 5.41) is 23.9. The molecule has 1 N–H and O–H groups in total. The summed E-state index contributed by atoms with van der Waals surface area (Å²) in [5.41, 5.74) is -0.975. The van der Waals surface area contributed by atoms with Gasteiger partial charge in [0, 0.05) is 18.7 Å². The van der Waals surface area contributed by atoms with Crippen molar-refractivity contribution >= 4 is 28.9 Å². The Morgan fingerprint density at radius 2 is 1.69 bits per heavy atom. The van der Waals surface area contributed by atoms with Gasteiger partial charge in [0.1, 0.15) is 0 Å². The maximum Gasteiger partial charge on any atom is 0.295 e. The molecule has 0 fully saturated rings. The topological polar surface area (TPSA) is 134 Å². The molecule has 0 radical (unpaired) electrons. The minimum Gasteiger partial charge on any atom is -0.454 e. The predicted octanol–water partition coefficient (Wildman–Crippen LogP) is 2.82. The minimum absolute atomic E-state index is 0.0830. The molecule has 1 aliphatic heterocycles. The molecule has 1 amide bonds. The highest BCUT2D eigenvalue weighted by Gasteiger charge is 2.27. The van der Waals surface area contributed by atoms with E-state index >= 15 is 0 Å². The van der Waals surface area contributed by atoms with Crippen molar-refractivity contribution in [3.63, 3.8) is 0 Å². The lowest BCUT2D eigenvalue weighted by Gasteiger charge is -2.07. The zero-order chi connectivity index (χ0) is 18.8. The van der Waals surface area contributed by atoms with Crippen molar-refractivity contribution in [3.05, 3.63) is 66.7 Å². The van der Waals surface area contributed by atoms with Gasteiger partial charge in [-0.1, -0.05) is 17.7 Å². The first kappa shape index (κ1) is 17.4. The van der Waals surface area contributed by atoms with Gasteiger partial charge in [0.25, 0.3) is 17.3 Å². The van der Waals surface area contributed by atoms with E-state index in [0.717, 1.165) is 12.1 Å². The smallest absolute Gasteiger partial charge is 0.295 e. The molecule has 0 unspecified atom stereocenters. The lowest BCUT2D eigenvalue weighted by atomic mass is 10.1. The van der Waals surface area contributed by atoms with Crippen LogP contribution in [0.25, 0.3) is 0 Å². The monoisotopic (exact) mass is 379 g/mol. The van der Waals surface area contributed by atoms with Crippen LogP contribution in [0.1, 0.15) is 15.9 Å². The fourth-order valence-electron chi connectivity index (χ4n) is 2.33. The second-order valence-electron chi connectivity index (χ2n) is 5.21. The molecule has 1 aliphatic rings. The molecule has 0 spiro atoms. The maximum absolute atomic E-state index is 12.3. The number of fused-ring (bicyclic) bond motifs is 1. The van der Waals surface area contributed by atoms with Crippen LogP contribution in [-0.2, 0) is 6.54 Å². The maximum atomic E-state index is 12.3. The van der Waals surface area contributed by atoms with Gasteiger partial charge in [0.2, 0.25) is 6.79 Å². The van der Waals surface area contributed by atoms with E-state index < -0.39 is 32.2 Å². The first-order valence-corrected chi connectivity index (χ1v) is 7.53. The molecule has 26 heavy (non-hydrogen) atoms. The average molecular weight is 380 g/mol. The van der Waals surface area contributed by atoms with Crippen molar-refractivity contribution in [2.75, 3.05) is 6.79 Å². The number of nitrogens with one attached hydrogen (secondary N) is 1. The summed E-state index contributed by atoms with van der Waals surface area (Å²) in [6, 6.07) is 6.85. The van der Waals surface area contributed by atoms with Crippen molar-refractivity contribution in [3.8, 4) is 11.5 Å². The largest absolute Gasteiger partial charge is 0.454 e. The summed E-state index contributed by atoms with van der Waals surface area (Å²) >= 11 is 5.66. The summed E-state index contributed by atoms with van der Waals surface area (Å²) < 4.78 is 10.4. The van der Waals surface area contributed by atoms with Crippen molar-refractivity contribution in [2.24, 2.45) is 0 Å². The number of carbonyl (C=O) groups is 1. The number of nitro benzene ring substituents is 2. The normalized spacial score (nSPS) is 11.9. The Labute approximate surface area is 150 Å². The Kier molecular flexibility index (Phi) is 4.59. The van der Waals surface area contributed by atoms with Crippen molar-refractivity contribution in [1.82, 2.24) is 5.32 Å². The molecule has 10 nitrogen and oxygen atoms in total. The van der Waals surface area contributed by atoms with Gasteiger partial charge in [-0.15, -0.1) is 0 Å². The van der Waals surface area contributed by atoms with Gasteiger partial charge in [-0.25, -0.2) is 0 Å². The van der Waals surface area contributed by atoms with Gasteiger partial charge in [-0.2, -0.15) is 0 Å². The van der Waals surface area contributed by atoms with Gasteiger partial charge in [-0.3, -0.25) is 25.0 Å². The number of nitrogens with zero attached hydrogens (tertiary/aromatic N) is 2. The van der Waals surface area contributed by atoms with Gasteiger partial charge in [0.15, 0.2) is 16.5 Å². The number of nitro groups is 2. The van der Waals surface area contributed by atoms with E-state index in [2.05, 4.69) is 5.32 Å². The molecular weight excluding hydrogens is 370 g/mol. The molecule has 0 atom stereocenters. The number of benzene rings is 2. The van der Waals surface area contributed by atoms with E-state index in [1.165, 1.54) is 0 Å². The third-order valence-corrected chi connectivity index (χ3v) is 3.97. The van der Waals surface area contributed by atoms with E-state index in [4.69, 9.17) is 21.1 Å². The number of rotatable bonds is 5. The van der Waals surface area contributed by atoms with Crippen LogP contribution in [0.2, 0.25) is 5.02 Å². The summed E-state index contributed by atoms with van der Waals surface area (Å²) in [6.07, 6.45) is 0. The molecule has 1 heterocycles. The predicted molar refractivity (Wildman–Crippen MR) is 88.5 cm³/mol. The summed E-state index contributed by atoms with van der Waals surface area (Å²) in [5.74, 6) is 0.407. The van der Waals surface area contributed by atoms with E-state index in [-0.39, 0.29) is 18.9 Å². The average Bonchev–Trinajstić information content (AvgIpc) is 3.07. The fraction of sp³-hybridized carbons (Fsp3) is 0.133. The van der Waals surface area contributed by atoms with Gasteiger partial charge in [0.05, 0.1) is 15.4 Å². The van der Waals surface area contributed by atoms with Crippen LogP contribution in [0.15, 0.2) is 30.3 Å². The number of ether oxygens (including phenoxy) is 2. The van der Waals surface area contributed by atoms with Crippen molar-refractivity contribution < 1.29 is 24.1 Å². The van der Waals surface area contributed by atoms with E-state index in [1.54, 1.807) is 18.2 Å². The highest BCUT2D eigenvalue weighted by molar-refractivity contribution is 6.35. The number of hydrogen-bond acceptors (Lipinski definition) is 7. The molecule has 0 saturated heterocycles. The molecule has 0 saturated carbocycles. The molecule has 3 rings (SSSR count). The lowest BCUT2D eigenvalue weighted by molar-refractivity contribution is -0.393. The highest BCUT2D eigenvalue weighted by Crippen LogP contribution is 2.35. The Bertz CT molecular complexity index is 896. The second-order valence-corrected chi connectivity index (χ2v) is 5.59. The van der Waals surface area contributed by atoms with Crippen LogP contribution in [0, 0.1) is 20.2 Å². The molecule has 11 heteroatoms. The van der Waals surface area contributed by atoms with Crippen LogP contribution in [0.3, 0.4) is 0 Å². The molecule has 0 aliphatic carbocycles. The van der Waals surface area contributed by atoms with Gasteiger partial charge >= 0.3 is 0 Å². The Morgan fingerprint density at radius 1 is 1.08 bits per heavy atom. The van der Waals surface area contributed by atoms with Crippen LogP contribution < -0.4 is 14.8 Å². The third kappa shape index (κ3) is 3.35. The second kappa shape index (κ2) is 6.84. The minimum atomic E-state index is -0.885. The lowest BCUT2D eigenvalue weighted by Crippen LogP contribution is -2.23. The van der Waals surface area contributed by atoms with Crippen LogP contribution >= 0.6 is 11.6 Å². The number of amides is 1. The Morgan fingerprint density at radius 3 is 2.31 bits per heavy atom. The third-order valence-electron chi connectivity index (χ3n) is 3.58. The Balaban J connectivity index is 1.81. The van der Waals surface area contributed by atoms with Gasteiger partial charge in [-0.05, 0) is 17.7 Å². The van der Waals surface area contributed by atoms with Crippen LogP contribution in [0.4, 0.5) is 11.4 Å². The Hall–Kier alpha value is -3.40. The van der Waals surface area contributed by atoms with E-state index in [0.29, 0.717) is 17.1 Å². The van der Waals surface area contributed by atoms with Crippen LogP contribution in [-0.4, -0.2) is 22.5 Å². The summed E-state index contributed by atoms with van der Waals surface area (Å²) in [4.78, 5) is 32.5.